The molecule has 4 atom stereocenters. The Bertz CT molecular complexity index is 1360. The van der Waals surface area contributed by atoms with E-state index in [0.29, 0.717) is 37.4 Å². The van der Waals surface area contributed by atoms with Gasteiger partial charge in [-0.25, -0.2) is 4.98 Å². The van der Waals surface area contributed by atoms with Crippen molar-refractivity contribution in [3.8, 4) is 11.4 Å². The van der Waals surface area contributed by atoms with Crippen molar-refractivity contribution in [2.24, 2.45) is 39.7 Å². The van der Waals surface area contributed by atoms with Crippen LogP contribution in [0.5, 0.6) is 0 Å². The molecule has 9 nitrogen and oxygen atoms in total. The summed E-state index contributed by atoms with van der Waals surface area (Å²) in [6.07, 6.45) is 10.5. The second-order valence-corrected chi connectivity index (χ2v) is 15.4. The highest BCUT2D eigenvalue weighted by Gasteiger charge is 2.67. The molecule has 3 aliphatic rings. The summed E-state index contributed by atoms with van der Waals surface area (Å²) in [6, 6.07) is -0.611. The van der Waals surface area contributed by atoms with Gasteiger partial charge in [0.2, 0.25) is 11.7 Å². The summed E-state index contributed by atoms with van der Waals surface area (Å²) in [6.45, 7) is 11.1. The number of amides is 2. The quantitative estimate of drug-likeness (QED) is 0.375. The lowest BCUT2D eigenvalue weighted by Crippen LogP contribution is -2.48. The van der Waals surface area contributed by atoms with Crippen molar-refractivity contribution >= 4 is 34.7 Å². The van der Waals surface area contributed by atoms with Gasteiger partial charge in [0, 0.05) is 49.0 Å². The zero-order valence-corrected chi connectivity index (χ0v) is 26.2. The van der Waals surface area contributed by atoms with E-state index in [1.807, 2.05) is 5.38 Å². The first-order chi connectivity index (χ1) is 19.7. The van der Waals surface area contributed by atoms with Gasteiger partial charge in [-0.1, -0.05) is 53.9 Å². The van der Waals surface area contributed by atoms with Gasteiger partial charge in [-0.15, -0.1) is 11.3 Å². The molecule has 5 rings (SSSR count). The molecule has 10 heteroatoms. The van der Waals surface area contributed by atoms with E-state index in [2.05, 4.69) is 44.6 Å². The summed E-state index contributed by atoms with van der Waals surface area (Å²) in [5.41, 5.74) is 6.35. The molecule has 2 aromatic rings. The first-order valence-electron chi connectivity index (χ1n) is 15.1. The zero-order chi connectivity index (χ0) is 30.4. The number of carbonyl (C=O) groups excluding carboxylic acids is 4. The Morgan fingerprint density at radius 2 is 1.86 bits per heavy atom. The van der Waals surface area contributed by atoms with Gasteiger partial charge in [0.1, 0.15) is 11.4 Å². The van der Waals surface area contributed by atoms with Crippen molar-refractivity contribution in [1.29, 1.82) is 0 Å². The maximum Gasteiger partial charge on any atom is 0.285 e. The molecule has 2 N–H and O–H groups in total. The van der Waals surface area contributed by atoms with E-state index >= 15 is 0 Å². The Labute approximate surface area is 252 Å². The number of rotatable bonds is 11. The molecule has 1 aliphatic heterocycles. The van der Waals surface area contributed by atoms with Crippen molar-refractivity contribution in [2.75, 3.05) is 6.54 Å². The van der Waals surface area contributed by atoms with Gasteiger partial charge in [0.05, 0.1) is 17.2 Å². The summed E-state index contributed by atoms with van der Waals surface area (Å²) in [5.74, 6) is -2.59. The maximum atomic E-state index is 14.5. The molecule has 1 spiro atoms. The largest absolute Gasteiger partial charge is 0.363 e. The van der Waals surface area contributed by atoms with Crippen LogP contribution in [0.1, 0.15) is 84.6 Å². The molecule has 3 fully saturated rings. The number of likely N-dealkylation sites (tertiary alicyclic amines) is 1. The van der Waals surface area contributed by atoms with Gasteiger partial charge >= 0.3 is 0 Å². The average molecular weight is 594 g/mol. The van der Waals surface area contributed by atoms with E-state index in [9.17, 15) is 19.2 Å². The first-order valence-corrected chi connectivity index (χ1v) is 16.0. The second-order valence-electron chi connectivity index (χ2n) is 14.5. The SMILES string of the molecule is CC(C)(C)[C@H](Cc1nc(-c2cnccn2)cs1)C(=O)N1CC2(CC1C(=O)CC(CC1CCC1)C(=O)C(N)=O)CC2(C)C. The van der Waals surface area contributed by atoms with Crippen LogP contribution in [0.25, 0.3) is 11.4 Å². The Balaban J connectivity index is 1.38. The molecule has 2 aliphatic carbocycles. The van der Waals surface area contributed by atoms with Crippen LogP contribution in [-0.2, 0) is 25.6 Å². The third-order valence-electron chi connectivity index (χ3n) is 10.2. The van der Waals surface area contributed by atoms with Crippen LogP contribution in [0.2, 0.25) is 0 Å². The molecular weight excluding hydrogens is 550 g/mol. The Morgan fingerprint density at radius 1 is 1.14 bits per heavy atom. The molecule has 0 bridgehead atoms. The normalized spacial score (nSPS) is 24.7. The molecular formula is C32H43N5O4S. The summed E-state index contributed by atoms with van der Waals surface area (Å²) < 4.78 is 0. The second kappa shape index (κ2) is 11.2. The van der Waals surface area contributed by atoms with Gasteiger partial charge < -0.3 is 10.6 Å². The smallest absolute Gasteiger partial charge is 0.285 e. The molecule has 2 saturated carbocycles. The fraction of sp³-hybridized carbons (Fsp3) is 0.656. The maximum absolute atomic E-state index is 14.5. The minimum Gasteiger partial charge on any atom is -0.363 e. The Hall–Kier alpha value is -3.01. The van der Waals surface area contributed by atoms with Crippen LogP contribution in [0.15, 0.2) is 24.0 Å². The number of nitrogens with zero attached hydrogens (tertiary/aromatic N) is 4. The standard InChI is InChI=1S/C32H43N5O4S/c1-30(2,3)21(13-26-36-23(16-42-26)22-15-34-9-10-35-22)29(41)37-18-32(17-31(32,4)5)14-24(37)25(38)12-20(27(39)28(33)40)11-19-7-6-8-19/h9-10,15-16,19-21,24H,6-8,11-14,17-18H2,1-5H3,(H2,33,40)/t20?,21-,24?,32?/m1/s1. The first kappa shape index (κ1) is 30.4. The van der Waals surface area contributed by atoms with E-state index in [4.69, 9.17) is 10.7 Å². The van der Waals surface area contributed by atoms with E-state index in [1.165, 1.54) is 11.3 Å². The van der Waals surface area contributed by atoms with Crippen LogP contribution >= 0.6 is 11.3 Å². The molecule has 2 aromatic heterocycles. The van der Waals surface area contributed by atoms with Gasteiger partial charge in [0.15, 0.2) is 5.78 Å². The lowest BCUT2D eigenvalue weighted by molar-refractivity contribution is -0.145. The number of primary amides is 1. The number of carbonyl (C=O) groups is 4. The number of hydrogen-bond donors (Lipinski definition) is 1. The van der Waals surface area contributed by atoms with E-state index in [1.54, 1.807) is 23.5 Å². The van der Waals surface area contributed by atoms with Crippen molar-refractivity contribution in [3.63, 3.8) is 0 Å². The fourth-order valence-electron chi connectivity index (χ4n) is 7.01. The van der Waals surface area contributed by atoms with Crippen LogP contribution in [0.4, 0.5) is 0 Å². The minimum atomic E-state index is -0.983. The number of thiazole rings is 1. The molecule has 2 amide bonds. The van der Waals surface area contributed by atoms with Gasteiger partial charge in [-0.3, -0.25) is 29.1 Å². The topological polar surface area (TPSA) is 136 Å². The number of Topliss-reactive ketones (excluding diaryl/α,β-unsaturated/α-hetero) is 2. The van der Waals surface area contributed by atoms with Crippen LogP contribution < -0.4 is 5.73 Å². The third-order valence-corrected chi connectivity index (χ3v) is 11.1. The van der Waals surface area contributed by atoms with Crippen molar-refractivity contribution in [2.45, 2.75) is 92.0 Å². The summed E-state index contributed by atoms with van der Waals surface area (Å²) in [7, 11) is 0. The van der Waals surface area contributed by atoms with E-state index in [0.717, 1.165) is 36.4 Å². The predicted molar refractivity (Wildman–Crippen MR) is 160 cm³/mol. The molecule has 3 unspecified atom stereocenters. The lowest BCUT2D eigenvalue weighted by atomic mass is 9.76. The number of hydrogen-bond acceptors (Lipinski definition) is 8. The van der Waals surface area contributed by atoms with Crippen LogP contribution in [0, 0.1) is 34.0 Å². The van der Waals surface area contributed by atoms with Crippen molar-refractivity contribution < 1.29 is 19.2 Å². The number of aromatic nitrogens is 3. The van der Waals surface area contributed by atoms with Crippen molar-refractivity contribution in [1.82, 2.24) is 19.9 Å². The summed E-state index contributed by atoms with van der Waals surface area (Å²) in [5, 5.41) is 2.77. The van der Waals surface area contributed by atoms with Crippen molar-refractivity contribution in [3.05, 3.63) is 29.0 Å². The Morgan fingerprint density at radius 3 is 2.40 bits per heavy atom. The molecule has 0 radical (unpaired) electrons. The molecule has 226 valence electrons. The average Bonchev–Trinajstić information content (AvgIpc) is 3.27. The summed E-state index contributed by atoms with van der Waals surface area (Å²) >= 11 is 1.50. The zero-order valence-electron chi connectivity index (χ0n) is 25.4. The minimum absolute atomic E-state index is 0.0348. The van der Waals surface area contributed by atoms with Crippen LogP contribution in [-0.4, -0.2) is 55.8 Å². The highest BCUT2D eigenvalue weighted by Crippen LogP contribution is 2.69. The monoisotopic (exact) mass is 593 g/mol. The van der Waals surface area contributed by atoms with Gasteiger partial charge in [-0.05, 0) is 41.4 Å². The van der Waals surface area contributed by atoms with E-state index < -0.39 is 29.6 Å². The molecule has 0 aromatic carbocycles. The predicted octanol–water partition coefficient (Wildman–Crippen LogP) is 4.64. The molecule has 1 saturated heterocycles. The highest BCUT2D eigenvalue weighted by atomic mass is 32.1. The number of nitrogens with two attached hydrogens (primary N) is 1. The summed E-state index contributed by atoms with van der Waals surface area (Å²) in [4.78, 5) is 68.1. The van der Waals surface area contributed by atoms with E-state index in [-0.39, 0.29) is 34.4 Å². The van der Waals surface area contributed by atoms with Gasteiger partial charge in [0.25, 0.3) is 5.91 Å². The molecule has 3 heterocycles. The van der Waals surface area contributed by atoms with Gasteiger partial charge in [-0.2, -0.15) is 0 Å². The lowest BCUT2D eigenvalue weighted by Gasteiger charge is -2.35. The fourth-order valence-corrected chi connectivity index (χ4v) is 7.84. The third kappa shape index (κ3) is 6.05. The number of ketones is 2. The van der Waals surface area contributed by atoms with Crippen LogP contribution in [0.3, 0.4) is 0 Å². The Kier molecular flexibility index (Phi) is 8.15. The molecule has 42 heavy (non-hydrogen) atoms. The highest BCUT2D eigenvalue weighted by molar-refractivity contribution is 7.09.